The van der Waals surface area contributed by atoms with Gasteiger partial charge in [-0.25, -0.2) is 13.2 Å². The topological polar surface area (TPSA) is 92.8 Å². The number of amides is 1. The minimum absolute atomic E-state index is 0.0115. The summed E-state index contributed by atoms with van der Waals surface area (Å²) in [5, 5.41) is 2.74. The van der Waals surface area contributed by atoms with Crippen LogP contribution in [-0.4, -0.2) is 44.8 Å². The molecule has 150 valence electrons. The smallest absolute Gasteiger partial charge is 0.338 e. The molecule has 1 N–H and O–H groups in total. The normalized spacial score (nSPS) is 11.3. The van der Waals surface area contributed by atoms with Gasteiger partial charge in [-0.1, -0.05) is 12.1 Å². The average molecular weight is 404 g/mol. The van der Waals surface area contributed by atoms with Crippen molar-refractivity contribution in [2.24, 2.45) is 0 Å². The third kappa shape index (κ3) is 4.96. The Labute approximate surface area is 165 Å². The first kappa shape index (κ1) is 21.6. The van der Waals surface area contributed by atoms with Crippen molar-refractivity contribution >= 4 is 27.6 Å². The quantitative estimate of drug-likeness (QED) is 0.717. The number of carbonyl (C=O) groups excluding carboxylic acids is 2. The fraction of sp³-hybridized carbons (Fsp3) is 0.300. The van der Waals surface area contributed by atoms with E-state index in [9.17, 15) is 18.0 Å². The van der Waals surface area contributed by atoms with Gasteiger partial charge < -0.3 is 10.1 Å². The summed E-state index contributed by atoms with van der Waals surface area (Å²) in [7, 11) is -2.55. The van der Waals surface area contributed by atoms with Crippen LogP contribution < -0.4 is 5.32 Å². The summed E-state index contributed by atoms with van der Waals surface area (Å²) in [5.41, 5.74) is 2.86. The minimum atomic E-state index is -3.88. The molecule has 2 rings (SSSR count). The number of carbonyl (C=O) groups is 2. The lowest BCUT2D eigenvalue weighted by Crippen LogP contribution is -2.35. The Balaban J connectivity index is 2.09. The number of benzene rings is 2. The fourth-order valence-electron chi connectivity index (χ4n) is 2.52. The third-order valence-corrected chi connectivity index (χ3v) is 6.14. The van der Waals surface area contributed by atoms with Gasteiger partial charge in [0, 0.05) is 12.7 Å². The van der Waals surface area contributed by atoms with Gasteiger partial charge in [0.2, 0.25) is 15.9 Å². The Bertz CT molecular complexity index is 969. The molecule has 0 aliphatic heterocycles. The van der Waals surface area contributed by atoms with Crippen molar-refractivity contribution in [1.82, 2.24) is 4.31 Å². The van der Waals surface area contributed by atoms with E-state index < -0.39 is 21.9 Å². The van der Waals surface area contributed by atoms with Crippen molar-refractivity contribution in [2.75, 3.05) is 25.5 Å². The number of ether oxygens (including phenoxy) is 1. The second-order valence-electron chi connectivity index (χ2n) is 6.30. The van der Waals surface area contributed by atoms with E-state index in [0.717, 1.165) is 15.4 Å². The zero-order valence-electron chi connectivity index (χ0n) is 16.4. The van der Waals surface area contributed by atoms with E-state index in [0.29, 0.717) is 5.69 Å². The first-order valence-corrected chi connectivity index (χ1v) is 10.2. The van der Waals surface area contributed by atoms with E-state index in [4.69, 9.17) is 4.74 Å². The standard InChI is InChI=1S/C20H24N2O5S/c1-5-27-20(24)16-9-11-17(12-10-16)28(25,26)22(4)13-19(23)21-18-8-6-7-14(2)15(18)3/h6-12H,5,13H2,1-4H3,(H,21,23). The number of nitrogens with zero attached hydrogens (tertiary/aromatic N) is 1. The fourth-order valence-corrected chi connectivity index (χ4v) is 3.65. The predicted molar refractivity (Wildman–Crippen MR) is 107 cm³/mol. The van der Waals surface area contributed by atoms with Gasteiger partial charge in [-0.05, 0) is 62.2 Å². The Morgan fingerprint density at radius 1 is 1.07 bits per heavy atom. The number of sulfonamides is 1. The lowest BCUT2D eigenvalue weighted by atomic mass is 10.1. The molecule has 0 atom stereocenters. The van der Waals surface area contributed by atoms with Gasteiger partial charge in [-0.2, -0.15) is 4.31 Å². The zero-order valence-corrected chi connectivity index (χ0v) is 17.2. The first-order chi connectivity index (χ1) is 13.2. The van der Waals surface area contributed by atoms with Gasteiger partial charge >= 0.3 is 5.97 Å². The predicted octanol–water partition coefficient (Wildman–Crippen LogP) is 2.74. The molecule has 28 heavy (non-hydrogen) atoms. The van der Waals surface area contributed by atoms with Crippen molar-refractivity contribution in [2.45, 2.75) is 25.7 Å². The van der Waals surface area contributed by atoms with Crippen LogP contribution in [0, 0.1) is 13.8 Å². The molecule has 2 aromatic carbocycles. The summed E-state index contributed by atoms with van der Waals surface area (Å²) in [6, 6.07) is 10.9. The number of hydrogen-bond donors (Lipinski definition) is 1. The van der Waals surface area contributed by atoms with E-state index in [-0.39, 0.29) is 23.6 Å². The lowest BCUT2D eigenvalue weighted by molar-refractivity contribution is -0.116. The van der Waals surface area contributed by atoms with Crippen LogP contribution in [0.3, 0.4) is 0 Å². The molecule has 8 heteroatoms. The van der Waals surface area contributed by atoms with Crippen LogP contribution in [0.4, 0.5) is 5.69 Å². The van der Waals surface area contributed by atoms with Crippen molar-refractivity contribution in [1.29, 1.82) is 0 Å². The molecule has 0 fully saturated rings. The number of nitrogens with one attached hydrogen (secondary N) is 1. The van der Waals surface area contributed by atoms with Gasteiger partial charge in [-0.3, -0.25) is 4.79 Å². The molecule has 0 bridgehead atoms. The van der Waals surface area contributed by atoms with E-state index in [1.54, 1.807) is 13.0 Å². The van der Waals surface area contributed by atoms with Crippen LogP contribution in [0.2, 0.25) is 0 Å². The van der Waals surface area contributed by atoms with Gasteiger partial charge in [0.25, 0.3) is 0 Å². The molecule has 0 saturated heterocycles. The molecule has 7 nitrogen and oxygen atoms in total. The number of aryl methyl sites for hydroxylation is 1. The highest BCUT2D eigenvalue weighted by molar-refractivity contribution is 7.89. The van der Waals surface area contributed by atoms with Crippen LogP contribution in [0.5, 0.6) is 0 Å². The van der Waals surface area contributed by atoms with Crippen molar-refractivity contribution in [3.05, 3.63) is 59.2 Å². The number of anilines is 1. The van der Waals surface area contributed by atoms with Gasteiger partial charge in [0.05, 0.1) is 23.6 Å². The second-order valence-corrected chi connectivity index (χ2v) is 8.35. The van der Waals surface area contributed by atoms with Crippen LogP contribution in [-0.2, 0) is 19.6 Å². The maximum Gasteiger partial charge on any atom is 0.338 e. The van der Waals surface area contributed by atoms with Crippen molar-refractivity contribution < 1.29 is 22.7 Å². The summed E-state index contributed by atoms with van der Waals surface area (Å²) in [6.07, 6.45) is 0. The summed E-state index contributed by atoms with van der Waals surface area (Å²) in [5.74, 6) is -0.962. The third-order valence-electron chi connectivity index (χ3n) is 4.32. The minimum Gasteiger partial charge on any atom is -0.462 e. The van der Waals surface area contributed by atoms with Crippen molar-refractivity contribution in [3.63, 3.8) is 0 Å². The molecule has 0 spiro atoms. The van der Waals surface area contributed by atoms with Gasteiger partial charge in [0.1, 0.15) is 0 Å². The number of esters is 1. The largest absolute Gasteiger partial charge is 0.462 e. The Kier molecular flexibility index (Phi) is 6.93. The maximum atomic E-state index is 12.7. The molecule has 1 amide bonds. The molecule has 0 unspecified atom stereocenters. The summed E-state index contributed by atoms with van der Waals surface area (Å²) in [6.45, 7) is 5.40. The SMILES string of the molecule is CCOC(=O)c1ccc(S(=O)(=O)N(C)CC(=O)Nc2cccc(C)c2C)cc1. The molecular formula is C20H24N2O5S. The lowest BCUT2D eigenvalue weighted by Gasteiger charge is -2.18. The highest BCUT2D eigenvalue weighted by atomic mass is 32.2. The molecule has 0 aliphatic carbocycles. The molecule has 0 aromatic heterocycles. The van der Waals surface area contributed by atoms with Crippen LogP contribution >= 0.6 is 0 Å². The van der Waals surface area contributed by atoms with E-state index >= 15 is 0 Å². The van der Waals surface area contributed by atoms with E-state index in [2.05, 4.69) is 5.32 Å². The molecule has 0 radical (unpaired) electrons. The van der Waals surface area contributed by atoms with Crippen LogP contribution in [0.25, 0.3) is 0 Å². The molecule has 2 aromatic rings. The highest BCUT2D eigenvalue weighted by Gasteiger charge is 2.23. The monoisotopic (exact) mass is 404 g/mol. The molecule has 0 aliphatic rings. The summed E-state index contributed by atoms with van der Waals surface area (Å²) >= 11 is 0. The number of rotatable bonds is 7. The zero-order chi connectivity index (χ0) is 20.9. The molecule has 0 saturated carbocycles. The maximum absolute atomic E-state index is 12.7. The van der Waals surface area contributed by atoms with E-state index in [1.165, 1.54) is 31.3 Å². The number of hydrogen-bond acceptors (Lipinski definition) is 5. The highest BCUT2D eigenvalue weighted by Crippen LogP contribution is 2.19. The van der Waals surface area contributed by atoms with E-state index in [1.807, 2.05) is 26.0 Å². The molecule has 0 heterocycles. The Morgan fingerprint density at radius 2 is 1.71 bits per heavy atom. The molecular weight excluding hydrogens is 380 g/mol. The van der Waals surface area contributed by atoms with Gasteiger partial charge in [0.15, 0.2) is 0 Å². The average Bonchev–Trinajstić information content (AvgIpc) is 2.65. The summed E-state index contributed by atoms with van der Waals surface area (Å²) in [4.78, 5) is 24.0. The summed E-state index contributed by atoms with van der Waals surface area (Å²) < 4.78 is 31.2. The first-order valence-electron chi connectivity index (χ1n) is 8.76. The van der Waals surface area contributed by atoms with Gasteiger partial charge in [-0.15, -0.1) is 0 Å². The number of likely N-dealkylation sites (N-methyl/N-ethyl adjacent to an activating group) is 1. The second kappa shape index (κ2) is 8.99. The Hall–Kier alpha value is -2.71. The van der Waals surface area contributed by atoms with Crippen LogP contribution in [0.15, 0.2) is 47.4 Å². The van der Waals surface area contributed by atoms with Crippen molar-refractivity contribution in [3.8, 4) is 0 Å². The Morgan fingerprint density at radius 3 is 2.32 bits per heavy atom. The van der Waals surface area contributed by atoms with Crippen LogP contribution in [0.1, 0.15) is 28.4 Å².